The summed E-state index contributed by atoms with van der Waals surface area (Å²) < 4.78 is 10.2. The number of hydrogen-bond acceptors (Lipinski definition) is 4. The molecule has 10 aromatic carbocycles. The van der Waals surface area contributed by atoms with Crippen LogP contribution in [0.4, 0.5) is 51.2 Å². The number of benzene rings is 10. The van der Waals surface area contributed by atoms with Gasteiger partial charge in [0.25, 0.3) is 6.71 Å². The second-order valence-electron chi connectivity index (χ2n) is 34.4. The van der Waals surface area contributed by atoms with Gasteiger partial charge < -0.3 is 23.7 Å². The molecule has 0 saturated carbocycles. The Hall–Kier alpha value is -9.00. The van der Waals surface area contributed by atoms with Gasteiger partial charge in [-0.25, -0.2) is 0 Å². The number of fused-ring (bicyclic) bond motifs is 12. The van der Waals surface area contributed by atoms with Crippen LogP contribution in [0.2, 0.25) is 0 Å². The number of rotatable bonds is 7. The predicted octanol–water partition coefficient (Wildman–Crippen LogP) is 23.2. The maximum atomic E-state index is 7.49. The molecular weight excluding hydrogens is 1150 g/mol. The molecule has 6 heteroatoms. The molecule has 0 spiro atoms. The molecule has 4 heterocycles. The Morgan fingerprint density at radius 2 is 0.821 bits per heavy atom. The first-order valence-corrected chi connectivity index (χ1v) is 34.6. The van der Waals surface area contributed by atoms with E-state index in [1.807, 2.05) is 0 Å². The van der Waals surface area contributed by atoms with E-state index in [1.165, 1.54) is 88.7 Å². The third kappa shape index (κ3) is 10.0. The lowest BCUT2D eigenvalue weighted by Crippen LogP contribution is -2.61. The highest BCUT2D eigenvalue weighted by Crippen LogP contribution is 2.57. The molecule has 95 heavy (non-hydrogen) atoms. The Labute approximate surface area is 565 Å². The summed E-state index contributed by atoms with van der Waals surface area (Å²) >= 11 is 0. The standard InChI is InChI=1S/C89H93BN4O/c1-83(2,3)54-28-37-60(38-29-54)91(61-39-30-55(31-40-61)84(4,5)6)64-45-47-71-74(51-64)93(73-27-23-25-67-66-46-36-58(87(13,14)15)50-77(66)95-81(67)73)75-52-65(92(62-41-32-56(33-42-62)85(7,8)9)63-43-34-57(35-44-63)86(10,11)12)53-76-79(75)90(71)72-49-59(88(16,17)18)48-69-78-68-24-21-22-26-70(68)89(19,20)82(78)94(76)80(69)72/h21-53H,1-20H3. The van der Waals surface area contributed by atoms with Crippen LogP contribution in [0.1, 0.15) is 183 Å². The molecule has 0 unspecified atom stereocenters. The molecule has 0 atom stereocenters. The van der Waals surface area contributed by atoms with Gasteiger partial charge in [0.05, 0.1) is 11.4 Å². The molecule has 1 aliphatic carbocycles. The summed E-state index contributed by atoms with van der Waals surface area (Å²) in [7, 11) is 0. The van der Waals surface area contributed by atoms with Crippen LogP contribution in [-0.4, -0.2) is 11.3 Å². The fraction of sp³-hybridized carbons (Fsp3) is 0.303. The summed E-state index contributed by atoms with van der Waals surface area (Å²) in [5.41, 5.74) is 30.3. The number of para-hydroxylation sites is 1. The SMILES string of the molecule is CC(C)(C)c1ccc(N(c2ccc(C(C)(C)C)cc2)c2ccc3c(c2)N(c2cccc4c2oc2cc(C(C)(C)C)ccc24)c2cc(N(c4ccc(C(C)(C)C)cc4)c4ccc(C(C)(C)C)cc4)cc4c2B3c2cc(C(C)(C)C)cc3c5c(n-4c23)C(C)(C)c2ccccc2-5)cc1. The molecule has 0 fully saturated rings. The Morgan fingerprint density at radius 1 is 0.358 bits per heavy atom. The number of aromatic nitrogens is 1. The zero-order valence-electron chi connectivity index (χ0n) is 59.8. The lowest BCUT2D eigenvalue weighted by molar-refractivity contribution is 0.587. The van der Waals surface area contributed by atoms with Crippen LogP contribution in [0, 0.1) is 0 Å². The summed E-state index contributed by atoms with van der Waals surface area (Å²) in [5, 5.41) is 3.51. The minimum absolute atomic E-state index is 0.0166. The topological polar surface area (TPSA) is 27.8 Å². The van der Waals surface area contributed by atoms with Crippen LogP contribution in [0.5, 0.6) is 0 Å². The molecule has 12 aromatic rings. The zero-order valence-corrected chi connectivity index (χ0v) is 59.8. The van der Waals surface area contributed by atoms with E-state index in [2.05, 4.69) is 358 Å². The van der Waals surface area contributed by atoms with E-state index in [1.54, 1.807) is 0 Å². The van der Waals surface area contributed by atoms with Gasteiger partial charge in [0, 0.05) is 83.8 Å². The van der Waals surface area contributed by atoms with Crippen molar-refractivity contribution >= 4 is 107 Å². The third-order valence-corrected chi connectivity index (χ3v) is 21.3. The van der Waals surface area contributed by atoms with Crippen LogP contribution >= 0.6 is 0 Å². The van der Waals surface area contributed by atoms with Crippen molar-refractivity contribution in [3.8, 4) is 16.8 Å². The summed E-state index contributed by atoms with van der Waals surface area (Å²) in [5.74, 6) is 0. The van der Waals surface area contributed by atoms with Crippen LogP contribution in [-0.2, 0) is 37.9 Å². The predicted molar refractivity (Wildman–Crippen MR) is 409 cm³/mol. The maximum absolute atomic E-state index is 7.49. The second kappa shape index (κ2) is 21.0. The smallest absolute Gasteiger partial charge is 0.252 e. The minimum atomic E-state index is -0.350. The number of hydrogen-bond donors (Lipinski definition) is 0. The van der Waals surface area contributed by atoms with E-state index >= 15 is 0 Å². The highest BCUT2D eigenvalue weighted by atomic mass is 16.3. The van der Waals surface area contributed by atoms with Gasteiger partial charge in [0.1, 0.15) is 5.58 Å². The van der Waals surface area contributed by atoms with Crippen molar-refractivity contribution < 1.29 is 4.42 Å². The molecule has 5 nitrogen and oxygen atoms in total. The van der Waals surface area contributed by atoms with Crippen molar-refractivity contribution in [1.82, 2.24) is 4.57 Å². The molecule has 15 rings (SSSR count). The lowest BCUT2D eigenvalue weighted by atomic mass is 9.33. The average Bonchev–Trinajstić information content (AvgIpc) is 1.56. The van der Waals surface area contributed by atoms with E-state index < -0.39 is 0 Å². The summed E-state index contributed by atoms with van der Waals surface area (Å²) in [4.78, 5) is 7.61. The Morgan fingerprint density at radius 3 is 1.34 bits per heavy atom. The highest BCUT2D eigenvalue weighted by Gasteiger charge is 2.49. The van der Waals surface area contributed by atoms with Gasteiger partial charge in [-0.1, -0.05) is 248 Å². The van der Waals surface area contributed by atoms with Gasteiger partial charge in [-0.3, -0.25) is 0 Å². The van der Waals surface area contributed by atoms with Crippen LogP contribution in [0.15, 0.2) is 205 Å². The van der Waals surface area contributed by atoms with E-state index in [-0.39, 0.29) is 44.6 Å². The van der Waals surface area contributed by atoms with Gasteiger partial charge in [-0.05, 0) is 184 Å². The number of anilines is 9. The molecule has 0 N–H and O–H groups in total. The van der Waals surface area contributed by atoms with Gasteiger partial charge in [0.2, 0.25) is 0 Å². The van der Waals surface area contributed by atoms with E-state index in [9.17, 15) is 0 Å². The van der Waals surface area contributed by atoms with E-state index in [4.69, 9.17) is 4.42 Å². The minimum Gasteiger partial charge on any atom is -0.454 e. The molecule has 0 bridgehead atoms. The summed E-state index contributed by atoms with van der Waals surface area (Å²) in [6.45, 7) is 46.4. The van der Waals surface area contributed by atoms with Crippen molar-refractivity contribution in [1.29, 1.82) is 0 Å². The molecule has 2 aromatic heterocycles. The normalized spacial score (nSPS) is 14.4. The van der Waals surface area contributed by atoms with Crippen molar-refractivity contribution in [2.75, 3.05) is 14.7 Å². The Balaban J connectivity index is 1.10. The molecule has 3 aliphatic rings. The van der Waals surface area contributed by atoms with Crippen molar-refractivity contribution in [3.05, 3.63) is 245 Å². The molecule has 478 valence electrons. The van der Waals surface area contributed by atoms with Gasteiger partial charge in [-0.15, -0.1) is 0 Å². The number of nitrogens with zero attached hydrogens (tertiary/aromatic N) is 4. The van der Waals surface area contributed by atoms with Gasteiger partial charge in [-0.2, -0.15) is 0 Å². The molecule has 0 amide bonds. The van der Waals surface area contributed by atoms with E-state index in [0.717, 1.165) is 73.1 Å². The molecule has 0 radical (unpaired) electrons. The third-order valence-electron chi connectivity index (χ3n) is 21.3. The number of furan rings is 1. The maximum Gasteiger partial charge on any atom is 0.252 e. The largest absolute Gasteiger partial charge is 0.454 e. The first-order valence-electron chi connectivity index (χ1n) is 34.6. The first kappa shape index (κ1) is 62.1. The molecule has 2 aliphatic heterocycles. The lowest BCUT2D eigenvalue weighted by Gasteiger charge is -2.42. The highest BCUT2D eigenvalue weighted by molar-refractivity contribution is 7.00. The first-order chi connectivity index (χ1) is 44.7. The molecular formula is C89H93BN4O. The van der Waals surface area contributed by atoms with Crippen LogP contribution in [0.3, 0.4) is 0 Å². The van der Waals surface area contributed by atoms with Gasteiger partial charge in [0.15, 0.2) is 5.58 Å². The van der Waals surface area contributed by atoms with Crippen LogP contribution < -0.4 is 31.1 Å². The summed E-state index contributed by atoms with van der Waals surface area (Å²) in [6.07, 6.45) is 0. The van der Waals surface area contributed by atoms with E-state index in [0.29, 0.717) is 0 Å². The Bertz CT molecular complexity index is 4960. The van der Waals surface area contributed by atoms with Crippen molar-refractivity contribution in [2.24, 2.45) is 0 Å². The van der Waals surface area contributed by atoms with Crippen LogP contribution in [0.25, 0.3) is 49.7 Å². The van der Waals surface area contributed by atoms with Crippen molar-refractivity contribution in [3.63, 3.8) is 0 Å². The summed E-state index contributed by atoms with van der Waals surface area (Å²) in [6, 6.07) is 77.9. The second-order valence-corrected chi connectivity index (χ2v) is 34.4. The quantitative estimate of drug-likeness (QED) is 0.149. The Kier molecular flexibility index (Phi) is 13.7. The van der Waals surface area contributed by atoms with Crippen molar-refractivity contribution in [2.45, 2.75) is 176 Å². The fourth-order valence-corrected chi connectivity index (χ4v) is 15.7. The molecule has 0 saturated heterocycles. The fourth-order valence-electron chi connectivity index (χ4n) is 15.7. The zero-order chi connectivity index (χ0) is 67.2. The monoisotopic (exact) mass is 1240 g/mol. The average molecular weight is 1250 g/mol. The van der Waals surface area contributed by atoms with Gasteiger partial charge >= 0.3 is 0 Å².